The standard InChI is InChI=1S/C20H21F2N3O4S2/c1-13(18-23-15-7-2-3-8-16(15)25(18)20(21)22)29-19(26)14-6-4-10-24(12-14)31(27,28)17-9-5-11-30-17/h2-3,5,7-9,11,13-14,20H,4,6,10,12H2,1H3. The smallest absolute Gasteiger partial charge is 0.320 e. The number of hydrogen-bond acceptors (Lipinski definition) is 6. The van der Waals surface area contributed by atoms with Crippen molar-refractivity contribution in [3.8, 4) is 0 Å². The summed E-state index contributed by atoms with van der Waals surface area (Å²) in [6, 6.07) is 9.65. The topological polar surface area (TPSA) is 81.5 Å². The van der Waals surface area contributed by atoms with Gasteiger partial charge in [-0.3, -0.25) is 9.36 Å². The first-order valence-corrected chi connectivity index (χ1v) is 12.1. The van der Waals surface area contributed by atoms with Crippen molar-refractivity contribution < 1.29 is 26.7 Å². The second-order valence-corrected chi connectivity index (χ2v) is 10.4. The minimum atomic E-state index is -3.67. The quantitative estimate of drug-likeness (QED) is 0.506. The number of imidazole rings is 1. The molecule has 1 aliphatic heterocycles. The van der Waals surface area contributed by atoms with Crippen molar-refractivity contribution in [1.82, 2.24) is 13.9 Å². The lowest BCUT2D eigenvalue weighted by Crippen LogP contribution is -2.42. The van der Waals surface area contributed by atoms with Crippen LogP contribution < -0.4 is 0 Å². The minimum absolute atomic E-state index is 0.00293. The van der Waals surface area contributed by atoms with Gasteiger partial charge in [0.05, 0.1) is 17.0 Å². The van der Waals surface area contributed by atoms with Crippen LogP contribution in [-0.2, 0) is 19.6 Å². The van der Waals surface area contributed by atoms with Crippen LogP contribution in [0.1, 0.15) is 38.2 Å². The average molecular weight is 470 g/mol. The number of para-hydroxylation sites is 2. The van der Waals surface area contributed by atoms with Gasteiger partial charge < -0.3 is 4.74 Å². The number of carbonyl (C=O) groups excluding carboxylic acids is 1. The average Bonchev–Trinajstić information content (AvgIpc) is 3.42. The Kier molecular flexibility index (Phi) is 6.09. The van der Waals surface area contributed by atoms with Crippen LogP contribution in [0.3, 0.4) is 0 Å². The zero-order chi connectivity index (χ0) is 22.2. The van der Waals surface area contributed by atoms with E-state index in [1.54, 1.807) is 29.6 Å². The van der Waals surface area contributed by atoms with Crippen LogP contribution in [0.15, 0.2) is 46.0 Å². The van der Waals surface area contributed by atoms with Crippen molar-refractivity contribution in [2.24, 2.45) is 5.92 Å². The summed E-state index contributed by atoms with van der Waals surface area (Å²) in [4.78, 5) is 17.0. The van der Waals surface area contributed by atoms with Crippen LogP contribution >= 0.6 is 11.3 Å². The molecular weight excluding hydrogens is 448 g/mol. The molecule has 3 aromatic rings. The first kappa shape index (κ1) is 21.8. The fourth-order valence-corrected chi connectivity index (χ4v) is 6.44. The molecule has 1 fully saturated rings. The predicted octanol–water partition coefficient (Wildman–Crippen LogP) is 4.20. The zero-order valence-electron chi connectivity index (χ0n) is 16.6. The highest BCUT2D eigenvalue weighted by molar-refractivity contribution is 7.91. The molecule has 2 aromatic heterocycles. The van der Waals surface area contributed by atoms with E-state index in [0.29, 0.717) is 24.9 Å². The minimum Gasteiger partial charge on any atom is -0.454 e. The monoisotopic (exact) mass is 469 g/mol. The first-order chi connectivity index (χ1) is 14.8. The Hall–Kier alpha value is -2.37. The largest absolute Gasteiger partial charge is 0.454 e. The molecule has 2 unspecified atom stereocenters. The Morgan fingerprint density at radius 1 is 1.26 bits per heavy atom. The van der Waals surface area contributed by atoms with Crippen LogP contribution in [0.5, 0.6) is 0 Å². The van der Waals surface area contributed by atoms with E-state index in [0.717, 1.165) is 15.9 Å². The molecule has 0 amide bonds. The number of rotatable bonds is 6. The van der Waals surface area contributed by atoms with E-state index in [9.17, 15) is 22.0 Å². The van der Waals surface area contributed by atoms with Crippen molar-refractivity contribution in [2.45, 2.75) is 36.6 Å². The molecule has 0 aliphatic carbocycles. The van der Waals surface area contributed by atoms with Gasteiger partial charge in [-0.15, -0.1) is 11.3 Å². The second kappa shape index (κ2) is 8.64. The van der Waals surface area contributed by atoms with Crippen molar-refractivity contribution in [3.63, 3.8) is 0 Å². The van der Waals surface area contributed by atoms with Crippen LogP contribution in [0.2, 0.25) is 0 Å². The van der Waals surface area contributed by atoms with E-state index in [2.05, 4.69) is 4.98 Å². The number of sulfonamides is 1. The molecule has 0 radical (unpaired) electrons. The summed E-state index contributed by atoms with van der Waals surface area (Å²) < 4.78 is 60.6. The number of benzene rings is 1. The third-order valence-electron chi connectivity index (χ3n) is 5.28. The number of piperidine rings is 1. The molecule has 31 heavy (non-hydrogen) atoms. The second-order valence-electron chi connectivity index (χ2n) is 7.32. The lowest BCUT2D eigenvalue weighted by Gasteiger charge is -2.30. The molecule has 0 saturated carbocycles. The number of esters is 1. The van der Waals surface area contributed by atoms with Gasteiger partial charge in [-0.25, -0.2) is 13.4 Å². The van der Waals surface area contributed by atoms with E-state index in [4.69, 9.17) is 4.74 Å². The van der Waals surface area contributed by atoms with Crippen LogP contribution in [0, 0.1) is 5.92 Å². The van der Waals surface area contributed by atoms with Crippen molar-refractivity contribution in [2.75, 3.05) is 13.1 Å². The number of alkyl halides is 2. The van der Waals surface area contributed by atoms with Crippen LogP contribution in [-0.4, -0.2) is 41.3 Å². The van der Waals surface area contributed by atoms with Gasteiger partial charge in [-0.05, 0) is 43.3 Å². The van der Waals surface area contributed by atoms with Gasteiger partial charge in [-0.2, -0.15) is 13.1 Å². The Balaban J connectivity index is 1.51. The molecule has 3 heterocycles. The summed E-state index contributed by atoms with van der Waals surface area (Å²) in [5, 5.41) is 1.68. The highest BCUT2D eigenvalue weighted by Crippen LogP contribution is 2.31. The van der Waals surface area contributed by atoms with E-state index < -0.39 is 34.6 Å². The summed E-state index contributed by atoms with van der Waals surface area (Å²) in [5.74, 6) is -1.34. The molecule has 1 aliphatic rings. The molecule has 0 N–H and O–H groups in total. The zero-order valence-corrected chi connectivity index (χ0v) is 18.3. The van der Waals surface area contributed by atoms with Crippen LogP contribution in [0.25, 0.3) is 11.0 Å². The van der Waals surface area contributed by atoms with Gasteiger partial charge in [0.15, 0.2) is 11.9 Å². The first-order valence-electron chi connectivity index (χ1n) is 9.78. The van der Waals surface area contributed by atoms with Gasteiger partial charge in [0.2, 0.25) is 0 Å². The summed E-state index contributed by atoms with van der Waals surface area (Å²) in [6.07, 6.45) is -0.0418. The van der Waals surface area contributed by atoms with Gasteiger partial charge in [0, 0.05) is 13.1 Å². The van der Waals surface area contributed by atoms with Gasteiger partial charge in [0.1, 0.15) is 4.21 Å². The molecule has 2 atom stereocenters. The fraction of sp³-hybridized carbons (Fsp3) is 0.400. The third kappa shape index (κ3) is 4.21. The molecular formula is C20H21F2N3O4S2. The predicted molar refractivity (Wildman–Crippen MR) is 111 cm³/mol. The lowest BCUT2D eigenvalue weighted by molar-refractivity contribution is -0.155. The number of aromatic nitrogens is 2. The highest BCUT2D eigenvalue weighted by Gasteiger charge is 2.35. The third-order valence-corrected chi connectivity index (χ3v) is 8.52. The molecule has 0 bridgehead atoms. The molecule has 1 aromatic carbocycles. The van der Waals surface area contributed by atoms with E-state index >= 15 is 0 Å². The summed E-state index contributed by atoms with van der Waals surface area (Å²) in [6.45, 7) is -1.04. The summed E-state index contributed by atoms with van der Waals surface area (Å²) >= 11 is 1.12. The number of thiophene rings is 1. The van der Waals surface area contributed by atoms with E-state index in [-0.39, 0.29) is 22.1 Å². The maximum Gasteiger partial charge on any atom is 0.320 e. The van der Waals surface area contributed by atoms with Gasteiger partial charge in [0.25, 0.3) is 10.0 Å². The Morgan fingerprint density at radius 2 is 2.03 bits per heavy atom. The number of fused-ring (bicyclic) bond motifs is 1. The highest BCUT2D eigenvalue weighted by atomic mass is 32.2. The lowest BCUT2D eigenvalue weighted by atomic mass is 10.00. The number of carbonyl (C=O) groups is 1. The maximum atomic E-state index is 13.7. The van der Waals surface area contributed by atoms with Gasteiger partial charge in [-0.1, -0.05) is 18.2 Å². The Bertz CT molecular complexity index is 1180. The maximum absolute atomic E-state index is 13.7. The summed E-state index contributed by atoms with van der Waals surface area (Å²) in [5.41, 5.74) is 0.632. The number of halogens is 2. The number of nitrogens with zero attached hydrogens (tertiary/aromatic N) is 3. The number of hydrogen-bond donors (Lipinski definition) is 0. The Morgan fingerprint density at radius 3 is 2.74 bits per heavy atom. The van der Waals surface area contributed by atoms with Gasteiger partial charge >= 0.3 is 12.5 Å². The fourth-order valence-electron chi connectivity index (χ4n) is 3.77. The SMILES string of the molecule is CC(OC(=O)C1CCCN(S(=O)(=O)c2cccs2)C1)c1nc2ccccc2n1C(F)F. The Labute approximate surface area is 182 Å². The summed E-state index contributed by atoms with van der Waals surface area (Å²) in [7, 11) is -3.67. The normalized spacial score (nSPS) is 19.0. The van der Waals surface area contributed by atoms with E-state index in [1.807, 2.05) is 0 Å². The molecule has 7 nitrogen and oxygen atoms in total. The molecule has 1 saturated heterocycles. The molecule has 166 valence electrons. The molecule has 0 spiro atoms. The van der Waals surface area contributed by atoms with Crippen LogP contribution in [0.4, 0.5) is 8.78 Å². The van der Waals surface area contributed by atoms with Crippen molar-refractivity contribution in [3.05, 3.63) is 47.6 Å². The molecule has 11 heteroatoms. The van der Waals surface area contributed by atoms with Crippen molar-refractivity contribution >= 4 is 38.4 Å². The van der Waals surface area contributed by atoms with E-state index in [1.165, 1.54) is 23.4 Å². The molecule has 4 rings (SSSR count). The number of ether oxygens (including phenoxy) is 1. The van der Waals surface area contributed by atoms with Crippen molar-refractivity contribution in [1.29, 1.82) is 0 Å².